The molecule has 22 heavy (non-hydrogen) atoms. The second kappa shape index (κ2) is 4.68. The molecule has 3 aliphatic rings. The Labute approximate surface area is 128 Å². The number of benzene rings is 1. The zero-order valence-electron chi connectivity index (χ0n) is 12.2. The number of nitrogens with zero attached hydrogens (tertiary/aromatic N) is 1. The highest BCUT2D eigenvalue weighted by Crippen LogP contribution is 2.43. The van der Waals surface area contributed by atoms with Crippen LogP contribution in [0.3, 0.4) is 0 Å². The van der Waals surface area contributed by atoms with Crippen LogP contribution in [0.1, 0.15) is 12.5 Å². The molecule has 0 spiro atoms. The molecule has 0 unspecified atom stereocenters. The molecule has 1 amide bonds. The van der Waals surface area contributed by atoms with Gasteiger partial charge in [0.1, 0.15) is 5.92 Å². The van der Waals surface area contributed by atoms with Gasteiger partial charge in [0.15, 0.2) is 0 Å². The van der Waals surface area contributed by atoms with E-state index >= 15 is 0 Å². The summed E-state index contributed by atoms with van der Waals surface area (Å²) < 4.78 is 5.62. The van der Waals surface area contributed by atoms with Crippen molar-refractivity contribution in [1.82, 2.24) is 0 Å². The number of amides is 1. The number of para-hydroxylation sites is 1. The average molecular weight is 299 g/mol. The summed E-state index contributed by atoms with van der Waals surface area (Å²) in [5.41, 5.74) is 2.03. The maximum Gasteiger partial charge on any atom is 0.310 e. The number of carbonyl (C=O) groups is 2. The lowest BCUT2D eigenvalue weighted by molar-refractivity contribution is -0.146. The van der Waals surface area contributed by atoms with Crippen LogP contribution in [0.4, 0.5) is 5.69 Å². The number of ether oxygens (including phenoxy) is 1. The number of carboxylic acid groups (broad SMARTS) is 1. The summed E-state index contributed by atoms with van der Waals surface area (Å²) >= 11 is 0. The predicted octanol–water partition coefficient (Wildman–Crippen LogP) is 1.62. The Kier molecular flexibility index (Phi) is 2.87. The van der Waals surface area contributed by atoms with Crippen molar-refractivity contribution in [3.63, 3.8) is 0 Å². The van der Waals surface area contributed by atoms with Crippen molar-refractivity contribution in [2.45, 2.75) is 31.6 Å². The zero-order chi connectivity index (χ0) is 15.4. The Morgan fingerprint density at radius 1 is 1.18 bits per heavy atom. The molecule has 4 rings (SSSR count). The van der Waals surface area contributed by atoms with Crippen LogP contribution >= 0.6 is 0 Å². The fraction of sp³-hybridized carbons (Fsp3) is 0.412. The van der Waals surface area contributed by atoms with Crippen LogP contribution in [-0.2, 0) is 20.7 Å². The van der Waals surface area contributed by atoms with E-state index in [1.807, 2.05) is 37.3 Å². The highest BCUT2D eigenvalue weighted by atomic mass is 16.5. The van der Waals surface area contributed by atoms with E-state index in [-0.39, 0.29) is 11.9 Å². The molecule has 0 radical (unpaired) electrons. The van der Waals surface area contributed by atoms with Gasteiger partial charge >= 0.3 is 5.97 Å². The van der Waals surface area contributed by atoms with Crippen molar-refractivity contribution >= 4 is 17.6 Å². The maximum absolute atomic E-state index is 13.1. The van der Waals surface area contributed by atoms with E-state index in [9.17, 15) is 14.7 Å². The molecular formula is C17H17NO4. The number of rotatable bonds is 2. The number of aliphatic carboxylic acids is 1. The third-order valence-corrected chi connectivity index (χ3v) is 4.91. The Hall–Kier alpha value is -2.14. The van der Waals surface area contributed by atoms with Gasteiger partial charge in [0.25, 0.3) is 0 Å². The highest BCUT2D eigenvalue weighted by molar-refractivity contribution is 6.00. The highest BCUT2D eigenvalue weighted by Gasteiger charge is 2.55. The van der Waals surface area contributed by atoms with Crippen molar-refractivity contribution in [1.29, 1.82) is 0 Å². The van der Waals surface area contributed by atoms with Crippen LogP contribution in [0.25, 0.3) is 0 Å². The summed E-state index contributed by atoms with van der Waals surface area (Å²) in [7, 11) is 0. The molecule has 5 atom stereocenters. The third-order valence-electron chi connectivity index (χ3n) is 4.91. The number of carboxylic acids is 1. The lowest BCUT2D eigenvalue weighted by Crippen LogP contribution is -2.47. The van der Waals surface area contributed by atoms with E-state index in [2.05, 4.69) is 0 Å². The first-order valence-corrected chi connectivity index (χ1v) is 7.55. The Morgan fingerprint density at radius 2 is 1.86 bits per heavy atom. The van der Waals surface area contributed by atoms with Gasteiger partial charge in [-0.25, -0.2) is 0 Å². The SMILES string of the molecule is C[C@@H]1Cc2ccccc2N1C(=O)[C@@H]1[C@@H](C(=O)O)[C@H]2C=C[C@@H]1O2. The fourth-order valence-electron chi connectivity index (χ4n) is 3.96. The van der Waals surface area contributed by atoms with Gasteiger partial charge in [-0.2, -0.15) is 0 Å². The second-order valence-electron chi connectivity index (χ2n) is 6.23. The molecule has 1 aromatic rings. The first kappa shape index (κ1) is 13.5. The van der Waals surface area contributed by atoms with E-state index in [1.54, 1.807) is 11.0 Å². The Balaban J connectivity index is 1.70. The molecule has 3 aliphatic heterocycles. The molecule has 1 fully saturated rings. The second-order valence-corrected chi connectivity index (χ2v) is 6.23. The van der Waals surface area contributed by atoms with Crippen LogP contribution in [0.5, 0.6) is 0 Å². The lowest BCUT2D eigenvalue weighted by Gasteiger charge is -2.29. The summed E-state index contributed by atoms with van der Waals surface area (Å²) in [4.78, 5) is 26.4. The van der Waals surface area contributed by atoms with Crippen LogP contribution < -0.4 is 4.90 Å². The summed E-state index contributed by atoms with van der Waals surface area (Å²) in [6, 6.07) is 7.86. The molecule has 1 aromatic carbocycles. The van der Waals surface area contributed by atoms with E-state index < -0.39 is 30.0 Å². The molecule has 0 aromatic heterocycles. The Morgan fingerprint density at radius 3 is 2.59 bits per heavy atom. The van der Waals surface area contributed by atoms with E-state index in [4.69, 9.17) is 4.74 Å². The molecule has 3 heterocycles. The fourth-order valence-corrected chi connectivity index (χ4v) is 3.96. The normalized spacial score (nSPS) is 35.0. The molecule has 114 valence electrons. The zero-order valence-corrected chi connectivity index (χ0v) is 12.2. The predicted molar refractivity (Wildman–Crippen MR) is 79.5 cm³/mol. The first-order valence-electron chi connectivity index (χ1n) is 7.55. The monoisotopic (exact) mass is 299 g/mol. The molecule has 2 bridgehead atoms. The van der Waals surface area contributed by atoms with Crippen molar-refractivity contribution in [2.24, 2.45) is 11.8 Å². The topological polar surface area (TPSA) is 66.8 Å². The maximum atomic E-state index is 13.1. The van der Waals surface area contributed by atoms with Gasteiger partial charge < -0.3 is 14.7 Å². The van der Waals surface area contributed by atoms with E-state index in [1.165, 1.54) is 0 Å². The van der Waals surface area contributed by atoms with Crippen LogP contribution in [0.15, 0.2) is 36.4 Å². The molecule has 0 aliphatic carbocycles. The van der Waals surface area contributed by atoms with Gasteiger partial charge in [-0.1, -0.05) is 30.4 Å². The average Bonchev–Trinajstić information content (AvgIpc) is 3.17. The van der Waals surface area contributed by atoms with Crippen LogP contribution in [0, 0.1) is 11.8 Å². The summed E-state index contributed by atoms with van der Waals surface area (Å²) in [5, 5.41) is 9.47. The van der Waals surface area contributed by atoms with Gasteiger partial charge in [0.05, 0.1) is 18.1 Å². The number of hydrogen-bond acceptors (Lipinski definition) is 3. The van der Waals surface area contributed by atoms with Crippen LogP contribution in [-0.4, -0.2) is 35.2 Å². The molecule has 5 nitrogen and oxygen atoms in total. The van der Waals surface area contributed by atoms with Gasteiger partial charge in [-0.3, -0.25) is 9.59 Å². The molecule has 5 heteroatoms. The van der Waals surface area contributed by atoms with E-state index in [0.29, 0.717) is 0 Å². The number of hydrogen-bond donors (Lipinski definition) is 1. The minimum Gasteiger partial charge on any atom is -0.481 e. The quantitative estimate of drug-likeness (QED) is 0.843. The minimum atomic E-state index is -0.963. The molecule has 1 N–H and O–H groups in total. The summed E-state index contributed by atoms with van der Waals surface area (Å²) in [6.45, 7) is 2.00. The summed E-state index contributed by atoms with van der Waals surface area (Å²) in [6.07, 6.45) is 3.48. The number of fused-ring (bicyclic) bond motifs is 3. The molecule has 0 saturated carbocycles. The first-order chi connectivity index (χ1) is 10.6. The smallest absolute Gasteiger partial charge is 0.310 e. The van der Waals surface area contributed by atoms with Gasteiger partial charge in [-0.05, 0) is 25.0 Å². The van der Waals surface area contributed by atoms with E-state index in [0.717, 1.165) is 17.7 Å². The number of carbonyl (C=O) groups excluding carboxylic acids is 1. The Bertz CT molecular complexity index is 683. The van der Waals surface area contributed by atoms with Crippen LogP contribution in [0.2, 0.25) is 0 Å². The van der Waals surface area contributed by atoms with Crippen molar-refractivity contribution < 1.29 is 19.4 Å². The molecular weight excluding hydrogens is 282 g/mol. The lowest BCUT2D eigenvalue weighted by atomic mass is 9.82. The van der Waals surface area contributed by atoms with Crippen molar-refractivity contribution in [2.75, 3.05) is 4.90 Å². The van der Waals surface area contributed by atoms with Crippen molar-refractivity contribution in [3.05, 3.63) is 42.0 Å². The van der Waals surface area contributed by atoms with Gasteiger partial charge in [0.2, 0.25) is 5.91 Å². The number of anilines is 1. The van der Waals surface area contributed by atoms with Gasteiger partial charge in [0, 0.05) is 11.7 Å². The minimum absolute atomic E-state index is 0.0439. The summed E-state index contributed by atoms with van der Waals surface area (Å²) in [5.74, 6) is -2.53. The largest absolute Gasteiger partial charge is 0.481 e. The van der Waals surface area contributed by atoms with Gasteiger partial charge in [-0.15, -0.1) is 0 Å². The molecule has 1 saturated heterocycles. The van der Waals surface area contributed by atoms with Crippen molar-refractivity contribution in [3.8, 4) is 0 Å². The third kappa shape index (κ3) is 1.75. The standard InChI is InChI=1S/C17H17NO4/c1-9-8-10-4-2-3-5-11(10)18(9)16(19)14-12-6-7-13(22-12)15(14)17(20)21/h2-7,9,12-15H,8H2,1H3,(H,20,21)/t9-,12+,13-,14+,15+/m1/s1.